The lowest BCUT2D eigenvalue weighted by Crippen LogP contribution is -2.18. The van der Waals surface area contributed by atoms with Crippen LogP contribution in [0, 0.1) is 0 Å². The molecule has 0 unspecified atom stereocenters. The van der Waals surface area contributed by atoms with Gasteiger partial charge >= 0.3 is 0 Å². The number of hydrogen-bond donors (Lipinski definition) is 1. The van der Waals surface area contributed by atoms with Crippen LogP contribution in [0.3, 0.4) is 0 Å². The van der Waals surface area contributed by atoms with Crippen LogP contribution in [-0.2, 0) is 0 Å². The van der Waals surface area contributed by atoms with Crippen LogP contribution in [0.2, 0.25) is 0 Å². The summed E-state index contributed by atoms with van der Waals surface area (Å²) in [6.45, 7) is 1.92. The lowest BCUT2D eigenvalue weighted by Gasteiger charge is -2.22. The van der Waals surface area contributed by atoms with Gasteiger partial charge in [0.15, 0.2) is 0 Å². The van der Waals surface area contributed by atoms with E-state index >= 15 is 0 Å². The van der Waals surface area contributed by atoms with Crippen molar-refractivity contribution in [3.63, 3.8) is 0 Å². The van der Waals surface area contributed by atoms with Gasteiger partial charge in [0.1, 0.15) is 0 Å². The van der Waals surface area contributed by atoms with E-state index in [2.05, 4.69) is 34.8 Å². The summed E-state index contributed by atoms with van der Waals surface area (Å²) in [5.74, 6) is 0.562. The molecule has 1 heterocycles. The van der Waals surface area contributed by atoms with Crippen molar-refractivity contribution in [1.82, 2.24) is 5.43 Å². The number of thiophene rings is 1. The summed E-state index contributed by atoms with van der Waals surface area (Å²) in [4.78, 5) is 12.6. The van der Waals surface area contributed by atoms with Crippen LogP contribution in [0.15, 0.2) is 46.9 Å². The van der Waals surface area contributed by atoms with Crippen LogP contribution in [0.5, 0.6) is 0 Å². The molecule has 1 saturated carbocycles. The fraction of sp³-hybridized carbons (Fsp3) is 0.368. The fourth-order valence-electron chi connectivity index (χ4n) is 3.09. The maximum atomic E-state index is 11.9. The zero-order chi connectivity index (χ0) is 16.1. The average molecular weight is 326 g/mol. The molecule has 1 N–H and O–H groups in total. The summed E-state index contributed by atoms with van der Waals surface area (Å²) in [6, 6.07) is 12.3. The number of hydrazone groups is 1. The Morgan fingerprint density at radius 2 is 1.87 bits per heavy atom. The van der Waals surface area contributed by atoms with Gasteiger partial charge < -0.3 is 0 Å². The van der Waals surface area contributed by atoms with Gasteiger partial charge in [-0.2, -0.15) is 5.10 Å². The zero-order valence-electron chi connectivity index (χ0n) is 13.4. The molecule has 3 rings (SSSR count). The molecule has 0 saturated heterocycles. The Bertz CT molecular complexity index is 668. The van der Waals surface area contributed by atoms with Crippen LogP contribution >= 0.6 is 11.3 Å². The quantitative estimate of drug-likeness (QED) is 0.627. The van der Waals surface area contributed by atoms with Crippen LogP contribution < -0.4 is 5.43 Å². The summed E-state index contributed by atoms with van der Waals surface area (Å²) < 4.78 is 0. The maximum Gasteiger partial charge on any atom is 0.281 e. The molecule has 120 valence electrons. The van der Waals surface area contributed by atoms with E-state index in [0.717, 1.165) is 11.3 Å². The smallest absolute Gasteiger partial charge is 0.266 e. The monoisotopic (exact) mass is 326 g/mol. The molecule has 3 nitrogen and oxygen atoms in total. The number of hydrogen-bond acceptors (Lipinski definition) is 3. The normalized spacial score (nSPS) is 16.3. The Labute approximate surface area is 141 Å². The maximum absolute atomic E-state index is 11.9. The molecule has 0 radical (unpaired) electrons. The molecule has 1 amide bonds. The van der Waals surface area contributed by atoms with Gasteiger partial charge in [0.25, 0.3) is 5.91 Å². The van der Waals surface area contributed by atoms with E-state index in [1.165, 1.54) is 49.0 Å². The third-order valence-corrected chi connectivity index (χ3v) is 5.34. The lowest BCUT2D eigenvalue weighted by molar-refractivity contribution is 0.0959. The molecule has 2 aromatic rings. The third-order valence-electron chi connectivity index (χ3n) is 4.48. The van der Waals surface area contributed by atoms with Gasteiger partial charge in [0.2, 0.25) is 0 Å². The molecular weight excluding hydrogens is 304 g/mol. The number of benzene rings is 1. The van der Waals surface area contributed by atoms with Crippen molar-refractivity contribution in [2.45, 2.75) is 44.9 Å². The first kappa shape index (κ1) is 15.9. The van der Waals surface area contributed by atoms with E-state index in [9.17, 15) is 4.79 Å². The predicted octanol–water partition coefficient (Wildman–Crippen LogP) is 4.95. The average Bonchev–Trinajstić information content (AvgIpc) is 3.15. The topological polar surface area (TPSA) is 41.5 Å². The summed E-state index contributed by atoms with van der Waals surface area (Å²) in [7, 11) is 0. The minimum Gasteiger partial charge on any atom is -0.266 e. The Balaban J connectivity index is 1.63. The minimum atomic E-state index is -0.154. The van der Waals surface area contributed by atoms with E-state index in [0.29, 0.717) is 10.8 Å². The highest BCUT2D eigenvalue weighted by Gasteiger charge is 2.15. The van der Waals surface area contributed by atoms with Crippen LogP contribution in [0.1, 0.15) is 65.7 Å². The number of amides is 1. The SMILES string of the molecule is C/C(=N\NC(=O)c1cccs1)c1ccc(C2CCCCC2)cc1. The van der Waals surface area contributed by atoms with E-state index < -0.39 is 0 Å². The molecule has 0 aliphatic heterocycles. The summed E-state index contributed by atoms with van der Waals surface area (Å²) >= 11 is 1.41. The van der Waals surface area contributed by atoms with Crippen LogP contribution in [0.25, 0.3) is 0 Å². The van der Waals surface area contributed by atoms with Gasteiger partial charge in [-0.05, 0) is 48.3 Å². The van der Waals surface area contributed by atoms with Crippen LogP contribution in [-0.4, -0.2) is 11.6 Å². The number of carbonyl (C=O) groups is 1. The van der Waals surface area contributed by atoms with Gasteiger partial charge in [-0.25, -0.2) is 5.43 Å². The van der Waals surface area contributed by atoms with Crippen molar-refractivity contribution in [3.8, 4) is 0 Å². The summed E-state index contributed by atoms with van der Waals surface area (Å²) in [5, 5.41) is 6.10. The van der Waals surface area contributed by atoms with Gasteiger partial charge in [-0.1, -0.05) is 49.6 Å². The van der Waals surface area contributed by atoms with Gasteiger partial charge in [0.05, 0.1) is 10.6 Å². The largest absolute Gasteiger partial charge is 0.281 e. The van der Waals surface area contributed by atoms with Crippen molar-refractivity contribution < 1.29 is 4.79 Å². The second-order valence-electron chi connectivity index (χ2n) is 6.07. The molecule has 1 aliphatic rings. The number of nitrogens with one attached hydrogen (secondary N) is 1. The highest BCUT2D eigenvalue weighted by molar-refractivity contribution is 7.12. The number of rotatable bonds is 4. The van der Waals surface area contributed by atoms with E-state index in [1.807, 2.05) is 18.4 Å². The fourth-order valence-corrected chi connectivity index (χ4v) is 3.71. The molecular formula is C19H22N2OS. The first-order valence-electron chi connectivity index (χ1n) is 8.22. The van der Waals surface area contributed by atoms with Gasteiger partial charge in [-0.3, -0.25) is 4.79 Å². The highest BCUT2D eigenvalue weighted by Crippen LogP contribution is 2.32. The summed E-state index contributed by atoms with van der Waals surface area (Å²) in [6.07, 6.45) is 6.69. The molecule has 0 spiro atoms. The molecule has 1 aromatic heterocycles. The third kappa shape index (κ3) is 4.08. The first-order valence-corrected chi connectivity index (χ1v) is 9.10. The van der Waals surface area contributed by atoms with Crippen molar-refractivity contribution in [2.75, 3.05) is 0 Å². The Morgan fingerprint density at radius 3 is 2.52 bits per heavy atom. The van der Waals surface area contributed by atoms with Crippen LogP contribution in [0.4, 0.5) is 0 Å². The standard InChI is InChI=1S/C19H22N2OS/c1-14(20-21-19(22)18-8-5-13-23-18)15-9-11-17(12-10-15)16-6-3-2-4-7-16/h5,8-13,16H,2-4,6-7H2,1H3,(H,21,22)/b20-14+. The highest BCUT2D eigenvalue weighted by atomic mass is 32.1. The van der Waals surface area contributed by atoms with Crippen molar-refractivity contribution in [1.29, 1.82) is 0 Å². The van der Waals surface area contributed by atoms with Gasteiger partial charge in [-0.15, -0.1) is 11.3 Å². The summed E-state index contributed by atoms with van der Waals surface area (Å²) in [5.41, 5.74) is 5.93. The molecule has 0 atom stereocenters. The molecule has 0 bridgehead atoms. The van der Waals surface area contributed by atoms with E-state index in [4.69, 9.17) is 0 Å². The Hall–Kier alpha value is -1.94. The minimum absolute atomic E-state index is 0.154. The number of nitrogens with zero attached hydrogens (tertiary/aromatic N) is 1. The van der Waals surface area contributed by atoms with Crippen molar-refractivity contribution in [2.24, 2.45) is 5.10 Å². The second-order valence-corrected chi connectivity index (χ2v) is 7.02. The molecule has 1 aliphatic carbocycles. The van der Waals surface area contributed by atoms with Gasteiger partial charge in [0, 0.05) is 0 Å². The predicted molar refractivity (Wildman–Crippen MR) is 96.3 cm³/mol. The lowest BCUT2D eigenvalue weighted by atomic mass is 9.84. The molecule has 1 aromatic carbocycles. The Kier molecular flexibility index (Phi) is 5.23. The first-order chi connectivity index (χ1) is 11.2. The second kappa shape index (κ2) is 7.55. The zero-order valence-corrected chi connectivity index (χ0v) is 14.2. The molecule has 4 heteroatoms. The van der Waals surface area contributed by atoms with E-state index in [-0.39, 0.29) is 5.91 Å². The Morgan fingerprint density at radius 1 is 1.13 bits per heavy atom. The molecule has 1 fully saturated rings. The number of carbonyl (C=O) groups excluding carboxylic acids is 1. The molecule has 23 heavy (non-hydrogen) atoms. The van der Waals surface area contributed by atoms with Crippen molar-refractivity contribution >= 4 is 23.0 Å². The van der Waals surface area contributed by atoms with Crippen molar-refractivity contribution in [3.05, 3.63) is 57.8 Å². The van der Waals surface area contributed by atoms with E-state index in [1.54, 1.807) is 6.07 Å².